The Kier molecular flexibility index (Phi) is 6.42. The van der Waals surface area contributed by atoms with Crippen LogP contribution in [0.3, 0.4) is 0 Å². The molecule has 1 heterocycles. The monoisotopic (exact) mass is 423 g/mol. The second kappa shape index (κ2) is 9.39. The van der Waals surface area contributed by atoms with E-state index in [1.807, 2.05) is 61.6 Å². The van der Waals surface area contributed by atoms with E-state index in [9.17, 15) is 14.7 Å². The third-order valence-corrected chi connectivity index (χ3v) is 6.12. The fourth-order valence-electron chi connectivity index (χ4n) is 4.06. The van der Waals surface area contributed by atoms with Crippen LogP contribution in [0, 0.1) is 0 Å². The Hall–Kier alpha value is -3.06. The summed E-state index contributed by atoms with van der Waals surface area (Å²) in [5.74, 6) is 0.801. The Bertz CT molecular complexity index is 895. The third-order valence-electron chi connectivity index (χ3n) is 6.12. The lowest BCUT2D eigenvalue weighted by molar-refractivity contribution is -0.133. The molecule has 0 radical (unpaired) electrons. The van der Waals surface area contributed by atoms with Crippen molar-refractivity contribution in [2.24, 2.45) is 0 Å². The van der Waals surface area contributed by atoms with Gasteiger partial charge in [-0.1, -0.05) is 42.5 Å². The maximum Gasteiger partial charge on any atom is 0.408 e. The molecule has 2 atom stereocenters. The van der Waals surface area contributed by atoms with Crippen LogP contribution in [-0.4, -0.2) is 77.6 Å². The Labute approximate surface area is 182 Å². The molecular weight excluding hydrogens is 394 g/mol. The number of amides is 2. The predicted octanol–water partition coefficient (Wildman–Crippen LogP) is 2.88. The van der Waals surface area contributed by atoms with Crippen molar-refractivity contribution < 1.29 is 19.4 Å². The van der Waals surface area contributed by atoms with Crippen LogP contribution in [0.1, 0.15) is 23.5 Å². The molecule has 2 aliphatic rings. The van der Waals surface area contributed by atoms with Crippen molar-refractivity contribution in [1.29, 1.82) is 0 Å². The van der Waals surface area contributed by atoms with Gasteiger partial charge in [-0.25, -0.2) is 4.79 Å². The number of benzene rings is 2. The first-order valence-corrected chi connectivity index (χ1v) is 10.7. The molecule has 1 saturated heterocycles. The highest BCUT2D eigenvalue weighted by molar-refractivity contribution is 5.82. The predicted molar refractivity (Wildman–Crippen MR) is 117 cm³/mol. The number of rotatable bonds is 7. The maximum absolute atomic E-state index is 12.6. The summed E-state index contributed by atoms with van der Waals surface area (Å²) in [5.41, 5.74) is 2.19. The average Bonchev–Trinajstić information content (AvgIpc) is 3.58. The van der Waals surface area contributed by atoms with Gasteiger partial charge in [0.1, 0.15) is 18.9 Å². The Morgan fingerprint density at radius 3 is 2.35 bits per heavy atom. The number of carboxylic acid groups (broad SMARTS) is 1. The van der Waals surface area contributed by atoms with Crippen LogP contribution < -0.4 is 4.74 Å². The Balaban J connectivity index is 1.31. The van der Waals surface area contributed by atoms with Crippen LogP contribution in [0.15, 0.2) is 54.6 Å². The van der Waals surface area contributed by atoms with Crippen molar-refractivity contribution >= 4 is 12.0 Å². The maximum atomic E-state index is 12.6. The second-order valence-electron chi connectivity index (χ2n) is 8.35. The number of piperazine rings is 1. The molecule has 164 valence electrons. The van der Waals surface area contributed by atoms with Crippen LogP contribution in [0.5, 0.6) is 5.75 Å². The molecule has 2 fully saturated rings. The molecule has 2 aromatic carbocycles. The number of carbonyl (C=O) groups excluding carboxylic acids is 1. The van der Waals surface area contributed by atoms with Gasteiger partial charge < -0.3 is 19.6 Å². The molecule has 4 rings (SSSR count). The zero-order valence-electron chi connectivity index (χ0n) is 17.8. The normalized spacial score (nSPS) is 20.9. The Morgan fingerprint density at radius 2 is 1.71 bits per heavy atom. The number of nitrogens with zero attached hydrogens (tertiary/aromatic N) is 3. The van der Waals surface area contributed by atoms with Gasteiger partial charge in [0.2, 0.25) is 5.91 Å². The minimum atomic E-state index is -1.03. The van der Waals surface area contributed by atoms with Gasteiger partial charge in [-0.2, -0.15) is 0 Å². The molecule has 1 N–H and O–H groups in total. The molecule has 0 aromatic heterocycles. The zero-order chi connectivity index (χ0) is 21.8. The van der Waals surface area contributed by atoms with Crippen molar-refractivity contribution in [3.05, 3.63) is 65.7 Å². The van der Waals surface area contributed by atoms with Gasteiger partial charge in [-0.05, 0) is 36.7 Å². The van der Waals surface area contributed by atoms with E-state index in [0.717, 1.165) is 36.4 Å². The molecule has 1 saturated carbocycles. The van der Waals surface area contributed by atoms with Crippen molar-refractivity contribution in [3.63, 3.8) is 0 Å². The molecule has 7 heteroatoms. The summed E-state index contributed by atoms with van der Waals surface area (Å²) in [6.07, 6.45) is -0.287. The zero-order valence-corrected chi connectivity index (χ0v) is 17.8. The topological polar surface area (TPSA) is 73.3 Å². The summed E-state index contributed by atoms with van der Waals surface area (Å²) in [6.45, 7) is 3.39. The van der Waals surface area contributed by atoms with Crippen molar-refractivity contribution in [2.75, 3.05) is 39.8 Å². The van der Waals surface area contributed by atoms with Crippen LogP contribution in [-0.2, 0) is 11.4 Å². The fourth-order valence-corrected chi connectivity index (χ4v) is 4.06. The third kappa shape index (κ3) is 5.35. The van der Waals surface area contributed by atoms with E-state index in [1.165, 1.54) is 4.90 Å². The summed E-state index contributed by atoms with van der Waals surface area (Å²) in [6, 6.07) is 17.7. The molecule has 2 aromatic rings. The van der Waals surface area contributed by atoms with Gasteiger partial charge in [0, 0.05) is 38.1 Å². The molecule has 7 nitrogen and oxygen atoms in total. The van der Waals surface area contributed by atoms with Crippen molar-refractivity contribution in [2.45, 2.75) is 25.0 Å². The quantitative estimate of drug-likeness (QED) is 0.741. The lowest BCUT2D eigenvalue weighted by atomic mass is 10.1. The molecule has 0 spiro atoms. The molecule has 1 aliphatic heterocycles. The van der Waals surface area contributed by atoms with Gasteiger partial charge in [-0.15, -0.1) is 0 Å². The molecular formula is C24H29N3O4. The summed E-state index contributed by atoms with van der Waals surface area (Å²) in [4.78, 5) is 29.7. The lowest BCUT2D eigenvalue weighted by Gasteiger charge is -2.33. The first-order valence-electron chi connectivity index (χ1n) is 10.7. The first-order chi connectivity index (χ1) is 15.0. The minimum absolute atomic E-state index is 0.0709. The van der Waals surface area contributed by atoms with E-state index < -0.39 is 6.09 Å². The van der Waals surface area contributed by atoms with Crippen molar-refractivity contribution in [1.82, 2.24) is 14.7 Å². The summed E-state index contributed by atoms with van der Waals surface area (Å²) < 4.78 is 5.83. The minimum Gasteiger partial charge on any atom is -0.489 e. The molecule has 1 aliphatic carbocycles. The van der Waals surface area contributed by atoms with Crippen LogP contribution in [0.2, 0.25) is 0 Å². The van der Waals surface area contributed by atoms with E-state index in [1.54, 1.807) is 4.90 Å². The largest absolute Gasteiger partial charge is 0.489 e. The molecule has 0 bridgehead atoms. The van der Waals surface area contributed by atoms with Crippen LogP contribution in [0.4, 0.5) is 4.79 Å². The number of ether oxygens (including phenoxy) is 1. The standard InChI is InChI=1S/C24H29N3O4/c1-25-11-13-26(14-12-25)23(28)16-27(24(29)30)22-15-21(22)19-7-9-20(10-8-19)31-17-18-5-3-2-4-6-18/h2-10,21-22H,11-17H2,1H3,(H,29,30)/t21-,22+/m0/s1. The van der Waals surface area contributed by atoms with Crippen molar-refractivity contribution in [3.8, 4) is 5.75 Å². The van der Waals surface area contributed by atoms with Gasteiger partial charge in [0.15, 0.2) is 0 Å². The Morgan fingerprint density at radius 1 is 1.03 bits per heavy atom. The highest BCUT2D eigenvalue weighted by Crippen LogP contribution is 2.45. The summed E-state index contributed by atoms with van der Waals surface area (Å²) in [7, 11) is 2.03. The highest BCUT2D eigenvalue weighted by Gasteiger charge is 2.46. The summed E-state index contributed by atoms with van der Waals surface area (Å²) >= 11 is 0. The average molecular weight is 424 g/mol. The highest BCUT2D eigenvalue weighted by atomic mass is 16.5. The smallest absolute Gasteiger partial charge is 0.408 e. The fraction of sp³-hybridized carbons (Fsp3) is 0.417. The number of hydrogen-bond acceptors (Lipinski definition) is 4. The number of carbonyl (C=O) groups is 2. The van der Waals surface area contributed by atoms with Gasteiger partial charge in [0.25, 0.3) is 0 Å². The van der Waals surface area contributed by atoms with Gasteiger partial charge in [0.05, 0.1) is 0 Å². The first kappa shape index (κ1) is 21.2. The van der Waals surface area contributed by atoms with E-state index in [4.69, 9.17) is 4.74 Å². The van der Waals surface area contributed by atoms with Gasteiger partial charge in [-0.3, -0.25) is 9.69 Å². The summed E-state index contributed by atoms with van der Waals surface area (Å²) in [5, 5.41) is 9.69. The van der Waals surface area contributed by atoms with Crippen LogP contribution in [0.25, 0.3) is 0 Å². The number of hydrogen-bond donors (Lipinski definition) is 1. The lowest BCUT2D eigenvalue weighted by Crippen LogP contribution is -2.51. The molecule has 0 unspecified atom stereocenters. The molecule has 31 heavy (non-hydrogen) atoms. The SMILES string of the molecule is CN1CCN(C(=O)CN(C(=O)O)[C@@H]2C[C@H]2c2ccc(OCc3ccccc3)cc2)CC1. The second-order valence-corrected chi connectivity index (χ2v) is 8.35. The van der Waals surface area contributed by atoms with E-state index in [0.29, 0.717) is 19.7 Å². The van der Waals surface area contributed by atoms with E-state index in [2.05, 4.69) is 4.90 Å². The molecule has 2 amide bonds. The van der Waals surface area contributed by atoms with Gasteiger partial charge >= 0.3 is 6.09 Å². The van der Waals surface area contributed by atoms with E-state index >= 15 is 0 Å². The number of likely N-dealkylation sites (N-methyl/N-ethyl adjacent to an activating group) is 1. The van der Waals surface area contributed by atoms with E-state index in [-0.39, 0.29) is 24.4 Å². The van der Waals surface area contributed by atoms with Crippen LogP contribution >= 0.6 is 0 Å².